The van der Waals surface area contributed by atoms with Gasteiger partial charge in [-0.3, -0.25) is 10.1 Å². The van der Waals surface area contributed by atoms with Crippen molar-refractivity contribution in [2.45, 2.75) is 33.7 Å². The maximum absolute atomic E-state index is 11.5. The van der Waals surface area contributed by atoms with Crippen molar-refractivity contribution < 1.29 is 9.59 Å². The van der Waals surface area contributed by atoms with Gasteiger partial charge >= 0.3 is 6.03 Å². The molecule has 2 unspecified atom stereocenters. The Labute approximate surface area is 97.4 Å². The summed E-state index contributed by atoms with van der Waals surface area (Å²) >= 11 is 0. The van der Waals surface area contributed by atoms with Gasteiger partial charge in [-0.15, -0.1) is 0 Å². The van der Waals surface area contributed by atoms with Gasteiger partial charge in [0.2, 0.25) is 5.91 Å². The Bertz CT molecular complexity index is 241. The summed E-state index contributed by atoms with van der Waals surface area (Å²) in [5.74, 6) is 0.757. The fraction of sp³-hybridized carbons (Fsp3) is 0.818. The van der Waals surface area contributed by atoms with Crippen LogP contribution in [0.3, 0.4) is 0 Å². The van der Waals surface area contributed by atoms with E-state index in [1.54, 1.807) is 6.92 Å². The predicted octanol–water partition coefficient (Wildman–Crippen LogP) is 0.712. The van der Waals surface area contributed by atoms with Crippen molar-refractivity contribution in [1.82, 2.24) is 16.0 Å². The zero-order valence-electron chi connectivity index (χ0n) is 10.8. The molecule has 0 saturated carbocycles. The predicted molar refractivity (Wildman–Crippen MR) is 64.1 cm³/mol. The van der Waals surface area contributed by atoms with Gasteiger partial charge < -0.3 is 10.6 Å². The molecular weight excluding hydrogens is 206 g/mol. The first kappa shape index (κ1) is 14.9. The monoisotopic (exact) mass is 229 g/mol. The van der Waals surface area contributed by atoms with E-state index < -0.39 is 6.03 Å². The van der Waals surface area contributed by atoms with Gasteiger partial charge in [0.15, 0.2) is 0 Å². The van der Waals surface area contributed by atoms with Crippen molar-refractivity contribution in [3.63, 3.8) is 0 Å². The lowest BCUT2D eigenvalue weighted by Gasteiger charge is -2.19. The maximum Gasteiger partial charge on any atom is 0.321 e. The molecule has 2 atom stereocenters. The molecule has 3 amide bonds. The molecule has 0 saturated heterocycles. The second-order valence-electron chi connectivity index (χ2n) is 4.42. The first-order chi connectivity index (χ1) is 7.38. The Morgan fingerprint density at radius 2 is 1.69 bits per heavy atom. The van der Waals surface area contributed by atoms with Gasteiger partial charge in [0.05, 0.1) is 6.04 Å². The molecule has 94 valence electrons. The van der Waals surface area contributed by atoms with Gasteiger partial charge in [0.25, 0.3) is 0 Å². The van der Waals surface area contributed by atoms with Crippen LogP contribution in [0.15, 0.2) is 0 Å². The minimum atomic E-state index is -0.476. The molecule has 5 heteroatoms. The minimum absolute atomic E-state index is 0.310. The third-order valence-electron chi connectivity index (χ3n) is 2.74. The molecule has 0 aliphatic carbocycles. The second-order valence-corrected chi connectivity index (χ2v) is 4.42. The summed E-state index contributed by atoms with van der Waals surface area (Å²) in [7, 11) is 1.47. The summed E-state index contributed by atoms with van der Waals surface area (Å²) in [6.07, 6.45) is 0. The minimum Gasteiger partial charge on any atom is -0.341 e. The van der Waals surface area contributed by atoms with Crippen LogP contribution in [0.4, 0.5) is 4.79 Å². The highest BCUT2D eigenvalue weighted by atomic mass is 16.2. The highest BCUT2D eigenvalue weighted by Gasteiger charge is 2.16. The number of imide groups is 1. The molecule has 0 fully saturated rings. The Kier molecular flexibility index (Phi) is 6.72. The van der Waals surface area contributed by atoms with E-state index in [9.17, 15) is 9.59 Å². The molecule has 0 spiro atoms. The lowest BCUT2D eigenvalue weighted by molar-refractivity contribution is -0.121. The van der Waals surface area contributed by atoms with E-state index in [2.05, 4.69) is 36.7 Å². The highest BCUT2D eigenvalue weighted by molar-refractivity contribution is 5.96. The van der Waals surface area contributed by atoms with Crippen LogP contribution < -0.4 is 16.0 Å². The number of hydrogen-bond donors (Lipinski definition) is 3. The van der Waals surface area contributed by atoms with Crippen molar-refractivity contribution >= 4 is 11.9 Å². The van der Waals surface area contributed by atoms with Gasteiger partial charge in [0.1, 0.15) is 0 Å². The summed E-state index contributed by atoms with van der Waals surface area (Å²) in [5.41, 5.74) is 0. The van der Waals surface area contributed by atoms with Crippen LogP contribution in [-0.4, -0.2) is 31.6 Å². The molecule has 0 aromatic carbocycles. The fourth-order valence-corrected chi connectivity index (χ4v) is 0.974. The second kappa shape index (κ2) is 7.22. The molecule has 0 aliphatic heterocycles. The number of urea groups is 1. The molecule has 16 heavy (non-hydrogen) atoms. The third-order valence-corrected chi connectivity index (χ3v) is 2.74. The highest BCUT2D eigenvalue weighted by Crippen LogP contribution is 2.07. The van der Waals surface area contributed by atoms with E-state index in [-0.39, 0.29) is 11.9 Å². The topological polar surface area (TPSA) is 70.2 Å². The summed E-state index contributed by atoms with van der Waals surface area (Å²) in [6, 6.07) is -0.839. The zero-order valence-corrected chi connectivity index (χ0v) is 10.8. The summed E-state index contributed by atoms with van der Waals surface area (Å²) in [4.78, 5) is 22.4. The Hall–Kier alpha value is -1.10. The molecule has 0 rings (SSSR count). The van der Waals surface area contributed by atoms with Gasteiger partial charge in [-0.05, 0) is 25.3 Å². The van der Waals surface area contributed by atoms with Crippen LogP contribution in [0.2, 0.25) is 0 Å². The first-order valence-electron chi connectivity index (χ1n) is 5.64. The number of hydrogen-bond acceptors (Lipinski definition) is 3. The zero-order chi connectivity index (χ0) is 12.7. The van der Waals surface area contributed by atoms with Crippen LogP contribution in [0.25, 0.3) is 0 Å². The van der Waals surface area contributed by atoms with Crippen LogP contribution in [0.5, 0.6) is 0 Å². The number of carbonyl (C=O) groups is 2. The standard InChI is InChI=1S/C11H23N3O2/c1-7(2)8(3)6-13-9(4)10(15)14-11(16)12-5/h7-9,13H,6H2,1-5H3,(H2,12,14,15,16). The van der Waals surface area contributed by atoms with Crippen LogP contribution >= 0.6 is 0 Å². The smallest absolute Gasteiger partial charge is 0.321 e. The Morgan fingerprint density at radius 1 is 1.12 bits per heavy atom. The lowest BCUT2D eigenvalue weighted by atomic mass is 9.98. The van der Waals surface area contributed by atoms with E-state index in [0.29, 0.717) is 11.8 Å². The van der Waals surface area contributed by atoms with Gasteiger partial charge in [0, 0.05) is 7.05 Å². The third kappa shape index (κ3) is 5.70. The average Bonchev–Trinajstić information content (AvgIpc) is 2.24. The van der Waals surface area contributed by atoms with Crippen LogP contribution in [0.1, 0.15) is 27.7 Å². The van der Waals surface area contributed by atoms with Crippen molar-refractivity contribution in [2.24, 2.45) is 11.8 Å². The average molecular weight is 229 g/mol. The van der Waals surface area contributed by atoms with Crippen LogP contribution in [0, 0.1) is 11.8 Å². The van der Waals surface area contributed by atoms with Crippen molar-refractivity contribution in [2.75, 3.05) is 13.6 Å². The number of nitrogens with one attached hydrogen (secondary N) is 3. The summed E-state index contributed by atoms with van der Waals surface area (Å²) in [6.45, 7) is 8.91. The van der Waals surface area contributed by atoms with E-state index in [1.165, 1.54) is 7.05 Å². The van der Waals surface area contributed by atoms with E-state index in [0.717, 1.165) is 6.54 Å². The normalized spacial score (nSPS) is 14.4. The lowest BCUT2D eigenvalue weighted by Crippen LogP contribution is -2.48. The molecule has 0 bridgehead atoms. The van der Waals surface area contributed by atoms with Crippen molar-refractivity contribution in [3.05, 3.63) is 0 Å². The van der Waals surface area contributed by atoms with Crippen molar-refractivity contribution in [1.29, 1.82) is 0 Å². The van der Waals surface area contributed by atoms with E-state index in [4.69, 9.17) is 0 Å². The fourth-order valence-electron chi connectivity index (χ4n) is 0.974. The summed E-state index contributed by atoms with van der Waals surface area (Å²) < 4.78 is 0. The van der Waals surface area contributed by atoms with Crippen LogP contribution in [-0.2, 0) is 4.79 Å². The van der Waals surface area contributed by atoms with E-state index in [1.807, 2.05) is 0 Å². The molecule has 0 aliphatic rings. The quantitative estimate of drug-likeness (QED) is 0.650. The Morgan fingerprint density at radius 3 is 2.12 bits per heavy atom. The molecule has 5 nitrogen and oxygen atoms in total. The molecular formula is C11H23N3O2. The molecule has 0 heterocycles. The number of carbonyl (C=O) groups excluding carboxylic acids is 2. The SMILES string of the molecule is CNC(=O)NC(=O)C(C)NCC(C)C(C)C. The Balaban J connectivity index is 3.92. The van der Waals surface area contributed by atoms with Gasteiger partial charge in [-0.1, -0.05) is 20.8 Å². The first-order valence-corrected chi connectivity index (χ1v) is 5.64. The summed E-state index contributed by atoms with van der Waals surface area (Å²) in [5, 5.41) is 7.67. The van der Waals surface area contributed by atoms with Gasteiger partial charge in [-0.2, -0.15) is 0 Å². The number of rotatable bonds is 5. The maximum atomic E-state index is 11.5. The molecule has 0 radical (unpaired) electrons. The number of amides is 3. The van der Waals surface area contributed by atoms with E-state index >= 15 is 0 Å². The largest absolute Gasteiger partial charge is 0.341 e. The molecule has 0 aromatic heterocycles. The molecule has 3 N–H and O–H groups in total. The molecule has 0 aromatic rings. The van der Waals surface area contributed by atoms with Gasteiger partial charge in [-0.25, -0.2) is 4.79 Å². The van der Waals surface area contributed by atoms with Crippen molar-refractivity contribution in [3.8, 4) is 0 Å².